The van der Waals surface area contributed by atoms with E-state index in [4.69, 9.17) is 5.73 Å². The van der Waals surface area contributed by atoms with Crippen molar-refractivity contribution in [2.75, 3.05) is 29.9 Å². The Labute approximate surface area is 136 Å². The van der Waals surface area contributed by atoms with Crippen molar-refractivity contribution in [2.45, 2.75) is 19.9 Å². The van der Waals surface area contributed by atoms with Crippen LogP contribution in [0.3, 0.4) is 0 Å². The van der Waals surface area contributed by atoms with Crippen molar-refractivity contribution in [1.82, 2.24) is 10.3 Å². The molecule has 1 aromatic heterocycles. The highest BCUT2D eigenvalue weighted by Crippen LogP contribution is 2.15. The fourth-order valence-electron chi connectivity index (χ4n) is 2.01. The molecule has 0 aromatic carbocycles. The van der Waals surface area contributed by atoms with Crippen molar-refractivity contribution in [1.29, 1.82) is 0 Å². The molecule has 1 aromatic rings. The predicted molar refractivity (Wildman–Crippen MR) is 88.2 cm³/mol. The first-order chi connectivity index (χ1) is 9.97. The molecule has 2 rings (SSSR count). The van der Waals surface area contributed by atoms with E-state index in [-0.39, 0.29) is 30.1 Å². The molecule has 0 spiro atoms. The molecule has 7 nitrogen and oxygen atoms in total. The first-order valence-corrected chi connectivity index (χ1v) is 7.01. The number of carbonyl (C=O) groups is 2. The third-order valence-corrected chi connectivity index (χ3v) is 3.40. The van der Waals surface area contributed by atoms with E-state index in [0.29, 0.717) is 18.8 Å². The Hall–Kier alpha value is -1.86. The minimum atomic E-state index is -0.546. The quantitative estimate of drug-likeness (QED) is 0.741. The summed E-state index contributed by atoms with van der Waals surface area (Å²) in [4.78, 5) is 29.4. The van der Waals surface area contributed by atoms with Gasteiger partial charge in [0, 0.05) is 13.1 Å². The monoisotopic (exact) mass is 327 g/mol. The van der Waals surface area contributed by atoms with Gasteiger partial charge in [-0.3, -0.25) is 9.59 Å². The smallest absolute Gasteiger partial charge is 0.241 e. The molecule has 1 fully saturated rings. The number of amides is 2. The van der Waals surface area contributed by atoms with Gasteiger partial charge in [0.2, 0.25) is 11.8 Å². The number of nitrogens with one attached hydrogen (secondary N) is 2. The Morgan fingerprint density at radius 3 is 2.73 bits per heavy atom. The normalized spacial score (nSPS) is 15.8. The number of hydrogen-bond donors (Lipinski definition) is 3. The van der Waals surface area contributed by atoms with Crippen LogP contribution in [0.5, 0.6) is 0 Å². The van der Waals surface area contributed by atoms with Crippen molar-refractivity contribution in [3.8, 4) is 0 Å². The number of nitrogens with zero attached hydrogens (tertiary/aromatic N) is 2. The summed E-state index contributed by atoms with van der Waals surface area (Å²) >= 11 is 0. The summed E-state index contributed by atoms with van der Waals surface area (Å²) in [6.45, 7) is 5.43. The summed E-state index contributed by atoms with van der Waals surface area (Å²) in [5.74, 6) is 0.556. The summed E-state index contributed by atoms with van der Waals surface area (Å²) in [6, 6.07) is 3.00. The molecular formula is C14H22ClN5O2. The lowest BCUT2D eigenvalue weighted by molar-refractivity contribution is -0.120. The third kappa shape index (κ3) is 4.57. The fraction of sp³-hybridized carbons (Fsp3) is 0.500. The van der Waals surface area contributed by atoms with Gasteiger partial charge in [0.05, 0.1) is 24.5 Å². The lowest BCUT2D eigenvalue weighted by Crippen LogP contribution is -2.48. The van der Waals surface area contributed by atoms with Gasteiger partial charge in [-0.05, 0) is 18.1 Å². The van der Waals surface area contributed by atoms with Crippen LogP contribution < -0.4 is 21.3 Å². The number of piperazine rings is 1. The molecule has 2 heterocycles. The average molecular weight is 328 g/mol. The molecular weight excluding hydrogens is 306 g/mol. The summed E-state index contributed by atoms with van der Waals surface area (Å²) in [7, 11) is 0. The van der Waals surface area contributed by atoms with E-state index in [0.717, 1.165) is 12.4 Å². The van der Waals surface area contributed by atoms with Gasteiger partial charge in [0.1, 0.15) is 5.82 Å². The molecule has 1 aliphatic rings. The average Bonchev–Trinajstić information content (AvgIpc) is 2.47. The highest BCUT2D eigenvalue weighted by Gasteiger charge is 2.19. The second-order valence-corrected chi connectivity index (χ2v) is 5.44. The Kier molecular flexibility index (Phi) is 6.58. The highest BCUT2D eigenvalue weighted by molar-refractivity contribution is 5.94. The van der Waals surface area contributed by atoms with Gasteiger partial charge in [-0.25, -0.2) is 4.98 Å². The van der Waals surface area contributed by atoms with Crippen molar-refractivity contribution in [3.05, 3.63) is 18.3 Å². The number of pyridine rings is 1. The maximum atomic E-state index is 11.9. The van der Waals surface area contributed by atoms with Crippen LogP contribution in [0, 0.1) is 5.92 Å². The largest absolute Gasteiger partial charge is 0.353 e. The van der Waals surface area contributed by atoms with Crippen molar-refractivity contribution in [3.63, 3.8) is 0 Å². The molecule has 1 aliphatic heterocycles. The molecule has 2 amide bonds. The molecule has 0 aliphatic carbocycles. The number of nitrogens with two attached hydrogens (primary N) is 1. The lowest BCUT2D eigenvalue weighted by Gasteiger charge is -2.27. The number of rotatable bonds is 4. The SMILES string of the molecule is CC(C)[C@H](N)C(=O)Nc1ccc(N2CCNC(=O)C2)nc1.Cl. The van der Waals surface area contributed by atoms with Crippen LogP contribution in [0.4, 0.5) is 11.5 Å². The zero-order valence-electron chi connectivity index (χ0n) is 12.7. The molecule has 8 heteroatoms. The number of halogens is 1. The minimum absolute atomic E-state index is 0. The van der Waals surface area contributed by atoms with Gasteiger partial charge in [-0.15, -0.1) is 12.4 Å². The number of hydrogen-bond acceptors (Lipinski definition) is 5. The Balaban J connectivity index is 0.00000242. The second-order valence-electron chi connectivity index (χ2n) is 5.44. The summed E-state index contributed by atoms with van der Waals surface area (Å²) in [6.07, 6.45) is 1.58. The van der Waals surface area contributed by atoms with Crippen molar-refractivity contribution in [2.24, 2.45) is 11.7 Å². The summed E-state index contributed by atoms with van der Waals surface area (Å²) in [5.41, 5.74) is 6.38. The van der Waals surface area contributed by atoms with Gasteiger partial charge in [-0.2, -0.15) is 0 Å². The van der Waals surface area contributed by atoms with Crippen LogP contribution in [0.2, 0.25) is 0 Å². The van der Waals surface area contributed by atoms with Crippen LogP contribution in [0.25, 0.3) is 0 Å². The maximum Gasteiger partial charge on any atom is 0.241 e. The Bertz CT molecular complexity index is 520. The summed E-state index contributed by atoms with van der Waals surface area (Å²) < 4.78 is 0. The standard InChI is InChI=1S/C14H21N5O2.ClH/c1-9(2)13(15)14(21)18-10-3-4-11(17-7-10)19-6-5-16-12(20)8-19;/h3-4,7,9,13H,5-6,8,15H2,1-2H3,(H,16,20)(H,18,21);1H/t13-;/m0./s1. The molecule has 4 N–H and O–H groups in total. The Morgan fingerprint density at radius 2 is 2.18 bits per heavy atom. The zero-order valence-corrected chi connectivity index (χ0v) is 13.5. The van der Waals surface area contributed by atoms with Crippen LogP contribution in [0.15, 0.2) is 18.3 Å². The molecule has 0 unspecified atom stereocenters. The molecule has 1 saturated heterocycles. The molecule has 0 saturated carbocycles. The van der Waals surface area contributed by atoms with E-state index in [9.17, 15) is 9.59 Å². The number of aromatic nitrogens is 1. The molecule has 0 radical (unpaired) electrons. The van der Waals surface area contributed by atoms with E-state index in [1.807, 2.05) is 18.7 Å². The second kappa shape index (κ2) is 7.95. The molecule has 0 bridgehead atoms. The first-order valence-electron chi connectivity index (χ1n) is 7.01. The number of carbonyl (C=O) groups excluding carboxylic acids is 2. The van der Waals surface area contributed by atoms with Gasteiger partial charge in [-0.1, -0.05) is 13.8 Å². The van der Waals surface area contributed by atoms with Gasteiger partial charge in [0.15, 0.2) is 0 Å². The minimum Gasteiger partial charge on any atom is -0.353 e. The van der Waals surface area contributed by atoms with Crippen molar-refractivity contribution >= 4 is 35.7 Å². The molecule has 1 atom stereocenters. The van der Waals surface area contributed by atoms with E-state index in [2.05, 4.69) is 15.6 Å². The molecule has 122 valence electrons. The number of anilines is 2. The van der Waals surface area contributed by atoms with E-state index < -0.39 is 6.04 Å². The maximum absolute atomic E-state index is 11.9. The van der Waals surface area contributed by atoms with Gasteiger partial charge >= 0.3 is 0 Å². The van der Waals surface area contributed by atoms with Crippen molar-refractivity contribution < 1.29 is 9.59 Å². The topological polar surface area (TPSA) is 100 Å². The Morgan fingerprint density at radius 1 is 1.45 bits per heavy atom. The zero-order chi connectivity index (χ0) is 15.4. The van der Waals surface area contributed by atoms with E-state index in [1.165, 1.54) is 0 Å². The van der Waals surface area contributed by atoms with E-state index >= 15 is 0 Å². The third-order valence-electron chi connectivity index (χ3n) is 3.40. The fourth-order valence-corrected chi connectivity index (χ4v) is 2.01. The summed E-state index contributed by atoms with van der Waals surface area (Å²) in [5, 5.41) is 5.50. The predicted octanol–water partition coefficient (Wildman–Crippen LogP) is 0.361. The van der Waals surface area contributed by atoms with Gasteiger partial charge < -0.3 is 21.3 Å². The van der Waals surface area contributed by atoms with Crippen LogP contribution in [-0.2, 0) is 9.59 Å². The highest BCUT2D eigenvalue weighted by atomic mass is 35.5. The lowest BCUT2D eigenvalue weighted by atomic mass is 10.1. The van der Waals surface area contributed by atoms with Crippen LogP contribution >= 0.6 is 12.4 Å². The van der Waals surface area contributed by atoms with Crippen LogP contribution in [0.1, 0.15) is 13.8 Å². The van der Waals surface area contributed by atoms with E-state index in [1.54, 1.807) is 18.3 Å². The van der Waals surface area contributed by atoms with Gasteiger partial charge in [0.25, 0.3) is 0 Å². The van der Waals surface area contributed by atoms with Crippen LogP contribution in [-0.4, -0.2) is 42.5 Å². The molecule has 22 heavy (non-hydrogen) atoms. The first kappa shape index (κ1) is 18.2.